The van der Waals surface area contributed by atoms with E-state index in [-0.39, 0.29) is 50.0 Å². The number of amides is 3. The summed E-state index contributed by atoms with van der Waals surface area (Å²) in [7, 11) is -3.50. The smallest absolute Gasteiger partial charge is 0.458 e. The summed E-state index contributed by atoms with van der Waals surface area (Å²) in [6, 6.07) is 15.0. The second kappa shape index (κ2) is 16.9. The highest BCUT2D eigenvalue weighted by molar-refractivity contribution is 7.88. The van der Waals surface area contributed by atoms with Crippen molar-refractivity contribution in [2.45, 2.75) is 52.2 Å². The maximum absolute atomic E-state index is 14.0. The molecule has 3 amide bonds. The molecular formula is C38H40N6O12S. The topological polar surface area (TPSA) is 245 Å². The molecule has 0 saturated carbocycles. The van der Waals surface area contributed by atoms with Crippen molar-refractivity contribution in [2.24, 2.45) is 5.73 Å². The van der Waals surface area contributed by atoms with E-state index < -0.39 is 64.7 Å². The van der Waals surface area contributed by atoms with Gasteiger partial charge in [-0.2, -0.15) is 4.31 Å². The van der Waals surface area contributed by atoms with E-state index in [2.05, 4.69) is 10.6 Å². The van der Waals surface area contributed by atoms with Crippen molar-refractivity contribution in [3.8, 4) is 11.4 Å². The lowest BCUT2D eigenvalue weighted by Gasteiger charge is -2.24. The van der Waals surface area contributed by atoms with Crippen LogP contribution >= 0.6 is 0 Å². The lowest BCUT2D eigenvalue weighted by atomic mass is 9.97. The summed E-state index contributed by atoms with van der Waals surface area (Å²) in [4.78, 5) is 79.3. The zero-order valence-corrected chi connectivity index (χ0v) is 32.1. The number of esters is 1. The summed E-state index contributed by atoms with van der Waals surface area (Å²) < 4.78 is 48.8. The predicted octanol–water partition coefficient (Wildman–Crippen LogP) is 1.65. The largest absolute Gasteiger partial charge is 0.509 e. The predicted molar refractivity (Wildman–Crippen MR) is 203 cm³/mol. The number of sulfonamides is 1. The van der Waals surface area contributed by atoms with Crippen LogP contribution in [0.5, 0.6) is 0 Å². The molecule has 2 aromatic heterocycles. The quantitative estimate of drug-likeness (QED) is 0.128. The SMILES string of the molecule is CC(C)N(CCc1c2c(nc3ccccc13)-c1cc3c(c(=O)n1C2)COC(=O)C3OC(=O)OCc1ccc(NC(=O)CNC(=O)COCC(N)=O)cc1)S(C)(=O)=O. The van der Waals surface area contributed by atoms with E-state index >= 15 is 0 Å². The van der Waals surface area contributed by atoms with Gasteiger partial charge in [0.1, 0.15) is 26.4 Å². The standard InChI is InChI=1S/C38H40N6O12S/c1-21(2)44(57(3,51)52)13-12-24-25-6-4-5-7-29(25)42-34-27(24)16-43-30(34)14-26-28(36(43)48)18-54-37(49)35(26)56-38(50)55-17-22-8-10-23(11-9-22)41-32(46)15-40-33(47)20-53-19-31(39)45/h4-11,14,21,35H,12-13,15-20H2,1-3H3,(H2,39,45)(H,40,47)(H,41,46). The Morgan fingerprint density at radius 1 is 1.04 bits per heavy atom. The van der Waals surface area contributed by atoms with Gasteiger partial charge in [0.15, 0.2) is 0 Å². The van der Waals surface area contributed by atoms with Crippen LogP contribution in [-0.2, 0) is 74.3 Å². The molecule has 4 heterocycles. The second-order valence-corrected chi connectivity index (χ2v) is 15.6. The fourth-order valence-electron chi connectivity index (χ4n) is 6.71. The van der Waals surface area contributed by atoms with Crippen molar-refractivity contribution < 1.29 is 51.3 Å². The Bertz CT molecular complexity index is 2430. The first-order valence-electron chi connectivity index (χ1n) is 17.8. The molecule has 6 rings (SSSR count). The third kappa shape index (κ3) is 9.28. The van der Waals surface area contributed by atoms with Crippen LogP contribution in [0.4, 0.5) is 10.5 Å². The summed E-state index contributed by atoms with van der Waals surface area (Å²) >= 11 is 0. The molecule has 0 saturated heterocycles. The molecule has 2 aliphatic rings. The van der Waals surface area contributed by atoms with Crippen molar-refractivity contribution in [1.29, 1.82) is 0 Å². The van der Waals surface area contributed by atoms with Crippen molar-refractivity contribution in [3.63, 3.8) is 0 Å². The minimum absolute atomic E-state index is 0.131. The maximum Gasteiger partial charge on any atom is 0.509 e. The molecule has 4 aromatic rings. The van der Waals surface area contributed by atoms with Crippen molar-refractivity contribution >= 4 is 56.5 Å². The van der Waals surface area contributed by atoms with Gasteiger partial charge in [0, 0.05) is 34.8 Å². The number of pyridine rings is 2. The van der Waals surface area contributed by atoms with E-state index in [0.717, 1.165) is 16.5 Å². The number of carbonyl (C=O) groups excluding carboxylic acids is 5. The van der Waals surface area contributed by atoms with Gasteiger partial charge in [-0.3, -0.25) is 19.2 Å². The van der Waals surface area contributed by atoms with E-state index in [1.54, 1.807) is 32.0 Å². The number of primary amides is 1. The highest BCUT2D eigenvalue weighted by atomic mass is 32.2. The molecule has 0 bridgehead atoms. The number of hydrogen-bond donors (Lipinski definition) is 3. The molecule has 300 valence electrons. The Balaban J connectivity index is 1.14. The molecule has 18 nitrogen and oxygen atoms in total. The van der Waals surface area contributed by atoms with Gasteiger partial charge in [0.2, 0.25) is 33.8 Å². The fraction of sp³-hybridized carbons (Fsp3) is 0.342. The number of carbonyl (C=O) groups is 5. The van der Waals surface area contributed by atoms with Crippen LogP contribution in [0.1, 0.15) is 47.8 Å². The third-order valence-corrected chi connectivity index (χ3v) is 10.7. The molecule has 0 fully saturated rings. The number of nitrogens with one attached hydrogen (secondary N) is 2. The molecule has 57 heavy (non-hydrogen) atoms. The minimum atomic E-state index is -3.50. The lowest BCUT2D eigenvalue weighted by Crippen LogP contribution is -2.37. The van der Waals surface area contributed by atoms with E-state index in [9.17, 15) is 37.2 Å². The molecule has 2 aliphatic heterocycles. The molecule has 0 spiro atoms. The Labute approximate surface area is 326 Å². The van der Waals surface area contributed by atoms with E-state index in [1.165, 1.54) is 27.3 Å². The van der Waals surface area contributed by atoms with Crippen LogP contribution in [0.2, 0.25) is 0 Å². The number of rotatable bonds is 15. The number of hydrogen-bond acceptors (Lipinski definition) is 13. The van der Waals surface area contributed by atoms with Gasteiger partial charge in [-0.05, 0) is 55.7 Å². The average molecular weight is 805 g/mol. The van der Waals surface area contributed by atoms with Crippen LogP contribution in [0.25, 0.3) is 22.3 Å². The first kappa shape index (κ1) is 40.5. The van der Waals surface area contributed by atoms with E-state index in [4.69, 9.17) is 29.7 Å². The number of benzene rings is 2. The molecule has 4 N–H and O–H groups in total. The lowest BCUT2D eigenvalue weighted by molar-refractivity contribution is -0.159. The Kier molecular flexibility index (Phi) is 12.0. The first-order valence-corrected chi connectivity index (χ1v) is 19.6. The fourth-order valence-corrected chi connectivity index (χ4v) is 7.90. The van der Waals surface area contributed by atoms with Gasteiger partial charge < -0.3 is 39.9 Å². The van der Waals surface area contributed by atoms with Crippen molar-refractivity contribution in [2.75, 3.05) is 37.9 Å². The van der Waals surface area contributed by atoms with Crippen molar-refractivity contribution in [3.05, 3.63) is 92.8 Å². The molecule has 1 atom stereocenters. The van der Waals surface area contributed by atoms with Gasteiger partial charge in [-0.25, -0.2) is 23.0 Å². The van der Waals surface area contributed by atoms with Gasteiger partial charge in [-0.1, -0.05) is 30.3 Å². The number of aromatic nitrogens is 2. The summed E-state index contributed by atoms with van der Waals surface area (Å²) in [5.41, 5.74) is 8.78. The zero-order chi connectivity index (χ0) is 41.0. The number of fused-ring (bicyclic) bond motifs is 5. The molecule has 1 unspecified atom stereocenters. The Hall–Kier alpha value is -6.18. The molecule has 2 aromatic carbocycles. The highest BCUT2D eigenvalue weighted by Gasteiger charge is 2.38. The van der Waals surface area contributed by atoms with Gasteiger partial charge >= 0.3 is 12.1 Å². The normalized spacial score (nSPS) is 14.4. The summed E-state index contributed by atoms with van der Waals surface area (Å²) in [5.74, 6) is -2.77. The molecule has 19 heteroatoms. The number of cyclic esters (lactones) is 1. The second-order valence-electron chi connectivity index (χ2n) is 13.6. The number of anilines is 1. The van der Waals surface area contributed by atoms with Crippen LogP contribution in [-0.4, -0.2) is 90.7 Å². The first-order chi connectivity index (χ1) is 27.1. The van der Waals surface area contributed by atoms with Gasteiger partial charge in [-0.15, -0.1) is 0 Å². The van der Waals surface area contributed by atoms with Crippen LogP contribution in [0.15, 0.2) is 59.4 Å². The van der Waals surface area contributed by atoms with Crippen LogP contribution < -0.4 is 21.9 Å². The van der Waals surface area contributed by atoms with E-state index in [0.29, 0.717) is 34.6 Å². The summed E-state index contributed by atoms with van der Waals surface area (Å²) in [6.07, 6.45) is -1.28. The summed E-state index contributed by atoms with van der Waals surface area (Å²) in [5, 5.41) is 5.75. The van der Waals surface area contributed by atoms with Gasteiger partial charge in [0.25, 0.3) is 5.56 Å². The summed E-state index contributed by atoms with van der Waals surface area (Å²) in [6.45, 7) is 2.14. The monoisotopic (exact) mass is 804 g/mol. The zero-order valence-electron chi connectivity index (χ0n) is 31.2. The van der Waals surface area contributed by atoms with Crippen molar-refractivity contribution in [1.82, 2.24) is 19.2 Å². The van der Waals surface area contributed by atoms with Crippen LogP contribution in [0.3, 0.4) is 0 Å². The highest BCUT2D eigenvalue weighted by Crippen LogP contribution is 2.39. The Morgan fingerprint density at radius 3 is 2.47 bits per heavy atom. The molecule has 0 radical (unpaired) electrons. The minimum Gasteiger partial charge on any atom is -0.458 e. The molecular weight excluding hydrogens is 765 g/mol. The number of para-hydroxylation sites is 1. The average Bonchev–Trinajstić information content (AvgIpc) is 3.52. The van der Waals surface area contributed by atoms with Crippen LogP contribution in [0, 0.1) is 0 Å². The van der Waals surface area contributed by atoms with Gasteiger partial charge in [0.05, 0.1) is 41.8 Å². The number of nitrogens with two attached hydrogens (primary N) is 1. The number of ether oxygens (including phenoxy) is 4. The third-order valence-electron chi connectivity index (χ3n) is 9.28. The maximum atomic E-state index is 14.0. The van der Waals surface area contributed by atoms with E-state index in [1.807, 2.05) is 24.3 Å². The number of nitrogens with zero attached hydrogens (tertiary/aromatic N) is 3. The Morgan fingerprint density at radius 2 is 1.77 bits per heavy atom. The molecule has 0 aliphatic carbocycles.